The first-order valence-electron chi connectivity index (χ1n) is 6.18. The van der Waals surface area contributed by atoms with Crippen molar-refractivity contribution in [3.8, 4) is 0 Å². The maximum Gasteiger partial charge on any atom is 0.415 e. The number of para-hydroxylation sites is 1. The topological polar surface area (TPSA) is 110 Å². The molecule has 0 atom stereocenters. The number of nitrogens with zero attached hydrogens (tertiary/aromatic N) is 2. The van der Waals surface area contributed by atoms with Gasteiger partial charge in [0.05, 0.1) is 4.92 Å². The quantitative estimate of drug-likeness (QED) is 0.675. The molecule has 0 heterocycles. The van der Waals surface area contributed by atoms with Gasteiger partial charge in [-0.25, -0.2) is 9.18 Å². The van der Waals surface area contributed by atoms with Crippen LogP contribution in [0.5, 0.6) is 0 Å². The number of nitro benzene ring substituents is 1. The second-order valence-electron chi connectivity index (χ2n) is 5.32. The Hall–Kier alpha value is -2.71. The molecule has 1 amide bonds. The fourth-order valence-corrected chi connectivity index (χ4v) is 1.61. The summed E-state index contributed by atoms with van der Waals surface area (Å²) in [7, 11) is 0. The van der Waals surface area contributed by atoms with Gasteiger partial charge in [-0.2, -0.15) is 0 Å². The number of halogens is 1. The lowest BCUT2D eigenvalue weighted by Crippen LogP contribution is -2.40. The van der Waals surface area contributed by atoms with Crippen molar-refractivity contribution in [2.45, 2.75) is 26.4 Å². The van der Waals surface area contributed by atoms with Crippen molar-refractivity contribution in [3.63, 3.8) is 0 Å². The molecule has 0 radical (unpaired) electrons. The summed E-state index contributed by atoms with van der Waals surface area (Å²) in [4.78, 5) is 33.4. The van der Waals surface area contributed by atoms with Crippen LogP contribution in [0.3, 0.4) is 0 Å². The van der Waals surface area contributed by atoms with Crippen LogP contribution in [-0.4, -0.2) is 34.2 Å². The van der Waals surface area contributed by atoms with E-state index in [0.29, 0.717) is 4.90 Å². The second-order valence-corrected chi connectivity index (χ2v) is 5.32. The molecule has 0 saturated carbocycles. The first-order valence-corrected chi connectivity index (χ1v) is 6.18. The van der Waals surface area contributed by atoms with Gasteiger partial charge in [-0.15, -0.1) is 0 Å². The molecule has 0 saturated heterocycles. The van der Waals surface area contributed by atoms with Crippen LogP contribution in [0.15, 0.2) is 18.2 Å². The van der Waals surface area contributed by atoms with Gasteiger partial charge >= 0.3 is 12.1 Å². The van der Waals surface area contributed by atoms with E-state index >= 15 is 0 Å². The van der Waals surface area contributed by atoms with Gasteiger partial charge in [-0.05, 0) is 26.8 Å². The summed E-state index contributed by atoms with van der Waals surface area (Å²) in [5.74, 6) is -2.57. The third-order valence-electron chi connectivity index (χ3n) is 2.34. The summed E-state index contributed by atoms with van der Waals surface area (Å²) >= 11 is 0. The Morgan fingerprint density at radius 2 is 2.00 bits per heavy atom. The molecular formula is C13H15FN2O6. The monoisotopic (exact) mass is 314 g/mol. The fraction of sp³-hybridized carbons (Fsp3) is 0.385. The number of carbonyl (C=O) groups excluding carboxylic acids is 1. The highest BCUT2D eigenvalue weighted by atomic mass is 19.1. The molecule has 1 aromatic rings. The molecule has 0 aromatic heterocycles. The number of hydrogen-bond donors (Lipinski definition) is 1. The summed E-state index contributed by atoms with van der Waals surface area (Å²) < 4.78 is 18.9. The van der Waals surface area contributed by atoms with E-state index in [1.165, 1.54) is 20.8 Å². The predicted octanol–water partition coefficient (Wildman–Crippen LogP) is 2.56. The summed E-state index contributed by atoms with van der Waals surface area (Å²) in [6.45, 7) is 3.61. The van der Waals surface area contributed by atoms with E-state index in [9.17, 15) is 24.1 Å². The second kappa shape index (κ2) is 6.37. The van der Waals surface area contributed by atoms with Gasteiger partial charge < -0.3 is 9.84 Å². The van der Waals surface area contributed by atoms with Crippen molar-refractivity contribution >= 4 is 23.4 Å². The van der Waals surface area contributed by atoms with E-state index in [0.717, 1.165) is 18.2 Å². The van der Waals surface area contributed by atoms with E-state index in [2.05, 4.69) is 0 Å². The highest BCUT2D eigenvalue weighted by Gasteiger charge is 2.32. The van der Waals surface area contributed by atoms with Crippen molar-refractivity contribution in [1.82, 2.24) is 0 Å². The number of carboxylic acid groups (broad SMARTS) is 1. The van der Waals surface area contributed by atoms with Crippen LogP contribution in [0.2, 0.25) is 0 Å². The zero-order valence-electron chi connectivity index (χ0n) is 12.2. The number of aliphatic carboxylic acids is 1. The van der Waals surface area contributed by atoms with E-state index in [1.54, 1.807) is 0 Å². The highest BCUT2D eigenvalue weighted by molar-refractivity contribution is 5.95. The molecule has 0 unspecified atom stereocenters. The Morgan fingerprint density at radius 1 is 1.41 bits per heavy atom. The molecule has 0 fully saturated rings. The number of anilines is 1. The minimum Gasteiger partial charge on any atom is -0.480 e. The Bertz CT molecular complexity index is 611. The number of benzene rings is 1. The van der Waals surface area contributed by atoms with Crippen molar-refractivity contribution in [2.75, 3.05) is 11.4 Å². The Morgan fingerprint density at radius 3 is 2.45 bits per heavy atom. The van der Waals surface area contributed by atoms with Crippen molar-refractivity contribution < 1.29 is 28.7 Å². The van der Waals surface area contributed by atoms with Gasteiger partial charge in [0, 0.05) is 6.07 Å². The highest BCUT2D eigenvalue weighted by Crippen LogP contribution is 2.32. The minimum absolute atomic E-state index is 0.390. The molecule has 120 valence electrons. The van der Waals surface area contributed by atoms with Crippen LogP contribution in [0.4, 0.5) is 20.6 Å². The van der Waals surface area contributed by atoms with Gasteiger partial charge in [-0.3, -0.25) is 19.8 Å². The van der Waals surface area contributed by atoms with Gasteiger partial charge in [0.2, 0.25) is 0 Å². The number of carboxylic acids is 1. The van der Waals surface area contributed by atoms with Crippen LogP contribution in [0, 0.1) is 15.9 Å². The van der Waals surface area contributed by atoms with Crippen LogP contribution >= 0.6 is 0 Å². The molecular weight excluding hydrogens is 299 g/mol. The number of nitro groups is 1. The van der Waals surface area contributed by atoms with E-state index in [-0.39, 0.29) is 0 Å². The minimum atomic E-state index is -1.47. The van der Waals surface area contributed by atoms with Crippen LogP contribution in [0.25, 0.3) is 0 Å². The van der Waals surface area contributed by atoms with Gasteiger partial charge in [-0.1, -0.05) is 6.07 Å². The van der Waals surface area contributed by atoms with Gasteiger partial charge in [0.1, 0.15) is 12.1 Å². The number of carbonyl (C=O) groups is 2. The molecule has 8 nitrogen and oxygen atoms in total. The molecule has 1 aromatic carbocycles. The fourth-order valence-electron chi connectivity index (χ4n) is 1.61. The number of rotatable bonds is 4. The molecule has 22 heavy (non-hydrogen) atoms. The molecule has 0 spiro atoms. The van der Waals surface area contributed by atoms with Gasteiger partial charge in [0.25, 0.3) is 5.69 Å². The Kier molecular flexibility index (Phi) is 5.02. The molecule has 0 aliphatic rings. The zero-order chi connectivity index (χ0) is 17.1. The van der Waals surface area contributed by atoms with E-state index < -0.39 is 46.3 Å². The van der Waals surface area contributed by atoms with Crippen molar-refractivity contribution in [1.29, 1.82) is 0 Å². The number of hydrogen-bond acceptors (Lipinski definition) is 5. The SMILES string of the molecule is CC(C)(C)OC(=O)N(CC(=O)O)c1c(F)cccc1[N+](=O)[O-]. The maximum atomic E-state index is 14.0. The van der Waals surface area contributed by atoms with Gasteiger partial charge in [0.15, 0.2) is 11.5 Å². The standard InChI is InChI=1S/C13H15FN2O6/c1-13(2,3)22-12(19)15(7-10(17)18)11-8(14)5-4-6-9(11)16(20)21/h4-6H,7H2,1-3H3,(H,17,18). The number of amides is 1. The van der Waals surface area contributed by atoms with Crippen LogP contribution in [-0.2, 0) is 9.53 Å². The lowest BCUT2D eigenvalue weighted by molar-refractivity contribution is -0.384. The lowest BCUT2D eigenvalue weighted by atomic mass is 10.2. The predicted molar refractivity (Wildman–Crippen MR) is 74.3 cm³/mol. The first kappa shape index (κ1) is 17.3. The average Bonchev–Trinajstić information content (AvgIpc) is 2.33. The normalized spacial score (nSPS) is 10.9. The summed E-state index contributed by atoms with van der Waals surface area (Å²) in [6.07, 6.45) is -1.19. The molecule has 9 heteroatoms. The Balaban J connectivity index is 3.37. The number of ether oxygens (including phenoxy) is 1. The maximum absolute atomic E-state index is 14.0. The van der Waals surface area contributed by atoms with E-state index in [4.69, 9.17) is 9.84 Å². The molecule has 1 rings (SSSR count). The third-order valence-corrected chi connectivity index (χ3v) is 2.34. The lowest BCUT2D eigenvalue weighted by Gasteiger charge is -2.26. The molecule has 0 aliphatic carbocycles. The molecule has 0 aliphatic heterocycles. The average molecular weight is 314 g/mol. The zero-order valence-corrected chi connectivity index (χ0v) is 12.2. The van der Waals surface area contributed by atoms with E-state index in [1.807, 2.05) is 0 Å². The van der Waals surface area contributed by atoms with Crippen LogP contribution < -0.4 is 4.90 Å². The molecule has 1 N–H and O–H groups in total. The van der Waals surface area contributed by atoms with Crippen molar-refractivity contribution in [3.05, 3.63) is 34.1 Å². The van der Waals surface area contributed by atoms with Crippen LogP contribution in [0.1, 0.15) is 20.8 Å². The van der Waals surface area contributed by atoms with Crippen molar-refractivity contribution in [2.24, 2.45) is 0 Å². The summed E-state index contributed by atoms with van der Waals surface area (Å²) in [5.41, 5.74) is -2.45. The summed E-state index contributed by atoms with van der Waals surface area (Å²) in [6, 6.07) is 2.95. The third kappa shape index (κ3) is 4.40. The summed E-state index contributed by atoms with van der Waals surface area (Å²) in [5, 5.41) is 19.9. The Labute approximate surface area is 125 Å². The smallest absolute Gasteiger partial charge is 0.415 e. The first-order chi connectivity index (χ1) is 10.0. The molecule has 0 bridgehead atoms. The largest absolute Gasteiger partial charge is 0.480 e.